The number of rotatable bonds is 4. The predicted octanol–water partition coefficient (Wildman–Crippen LogP) is 0.612. The Bertz CT molecular complexity index is 471. The van der Waals surface area contributed by atoms with Gasteiger partial charge in [0.15, 0.2) is 0 Å². The highest BCUT2D eigenvalue weighted by atomic mass is 32.1. The molecule has 0 saturated heterocycles. The van der Waals surface area contributed by atoms with Crippen LogP contribution in [0, 0.1) is 0 Å². The molecule has 0 aliphatic heterocycles. The highest BCUT2D eigenvalue weighted by Gasteiger charge is 2.16. The third kappa shape index (κ3) is 3.53. The van der Waals surface area contributed by atoms with E-state index in [1.807, 2.05) is 0 Å². The number of carbonyl (C=O) groups is 2. The molecule has 0 heterocycles. The van der Waals surface area contributed by atoms with E-state index in [0.29, 0.717) is 11.1 Å². The fourth-order valence-corrected chi connectivity index (χ4v) is 1.44. The summed E-state index contributed by atoms with van der Waals surface area (Å²) in [5.74, 6) is -0.856. The van der Waals surface area contributed by atoms with E-state index < -0.39 is 12.0 Å². The number of benzene rings is 1. The van der Waals surface area contributed by atoms with Gasteiger partial charge < -0.3 is 15.8 Å². The van der Waals surface area contributed by atoms with Gasteiger partial charge in [-0.2, -0.15) is 0 Å². The van der Waals surface area contributed by atoms with E-state index in [1.165, 1.54) is 7.11 Å². The van der Waals surface area contributed by atoms with E-state index in [2.05, 4.69) is 10.1 Å². The predicted molar refractivity (Wildman–Crippen MR) is 71.3 cm³/mol. The lowest BCUT2D eigenvalue weighted by Crippen LogP contribution is -2.39. The third-order valence-corrected chi connectivity index (χ3v) is 2.57. The van der Waals surface area contributed by atoms with Gasteiger partial charge in [0.25, 0.3) is 5.91 Å². The Morgan fingerprint density at radius 2 is 1.78 bits per heavy atom. The quantitative estimate of drug-likeness (QED) is 0.616. The van der Waals surface area contributed by atoms with Crippen LogP contribution < -0.4 is 11.1 Å². The number of carbonyl (C=O) groups excluding carboxylic acids is 2. The summed E-state index contributed by atoms with van der Waals surface area (Å²) in [5, 5.41) is 2.52. The van der Waals surface area contributed by atoms with Crippen molar-refractivity contribution in [1.82, 2.24) is 5.32 Å². The highest BCUT2D eigenvalue weighted by Crippen LogP contribution is 2.05. The number of nitrogens with one attached hydrogen (secondary N) is 1. The molecule has 0 aliphatic rings. The van der Waals surface area contributed by atoms with Crippen molar-refractivity contribution in [3.8, 4) is 0 Å². The number of ether oxygens (including phenoxy) is 1. The fraction of sp³-hybridized carbons (Fsp3) is 0.250. The first kappa shape index (κ1) is 14.1. The topological polar surface area (TPSA) is 81.4 Å². The summed E-state index contributed by atoms with van der Waals surface area (Å²) in [6, 6.07) is 5.79. The Balaban J connectivity index is 2.73. The van der Waals surface area contributed by atoms with E-state index >= 15 is 0 Å². The van der Waals surface area contributed by atoms with Gasteiger partial charge in [0.05, 0.1) is 7.11 Å². The summed E-state index contributed by atoms with van der Waals surface area (Å²) in [6.07, 6.45) is 0. The third-order valence-electron chi connectivity index (χ3n) is 2.33. The van der Waals surface area contributed by atoms with Crippen LogP contribution in [0.25, 0.3) is 0 Å². The second kappa shape index (κ2) is 6.11. The Kier molecular flexibility index (Phi) is 4.79. The second-order valence-electron chi connectivity index (χ2n) is 3.66. The van der Waals surface area contributed by atoms with Gasteiger partial charge in [-0.25, -0.2) is 4.79 Å². The lowest BCUT2D eigenvalue weighted by atomic mass is 10.1. The molecule has 1 atom stereocenters. The molecule has 6 heteroatoms. The van der Waals surface area contributed by atoms with Crippen molar-refractivity contribution in [1.29, 1.82) is 0 Å². The molecule has 1 rings (SSSR count). The highest BCUT2D eigenvalue weighted by molar-refractivity contribution is 7.80. The summed E-state index contributed by atoms with van der Waals surface area (Å²) >= 11 is 4.81. The minimum Gasteiger partial charge on any atom is -0.467 e. The van der Waals surface area contributed by atoms with E-state index in [-0.39, 0.29) is 10.9 Å². The monoisotopic (exact) mass is 266 g/mol. The summed E-state index contributed by atoms with van der Waals surface area (Å²) in [4.78, 5) is 23.2. The van der Waals surface area contributed by atoms with Crippen molar-refractivity contribution in [3.05, 3.63) is 35.4 Å². The zero-order chi connectivity index (χ0) is 13.7. The number of hydrogen-bond donors (Lipinski definition) is 2. The maximum Gasteiger partial charge on any atom is 0.328 e. The molecule has 0 fully saturated rings. The average Bonchev–Trinajstić information content (AvgIpc) is 2.37. The molecule has 5 nitrogen and oxygen atoms in total. The first-order chi connectivity index (χ1) is 8.45. The van der Waals surface area contributed by atoms with Gasteiger partial charge in [-0.05, 0) is 19.1 Å². The standard InChI is InChI=1S/C12H14N2O3S/c1-7(12(16)17-2)14-11(15)9-5-3-8(4-6-9)10(13)18/h3-7H,1-2H3,(H2,13,18)(H,14,15). The van der Waals surface area contributed by atoms with Crippen LogP contribution in [0.2, 0.25) is 0 Å². The van der Waals surface area contributed by atoms with Crippen LogP contribution in [0.3, 0.4) is 0 Å². The van der Waals surface area contributed by atoms with Crippen LogP contribution in [0.1, 0.15) is 22.8 Å². The number of esters is 1. The molecule has 1 aromatic carbocycles. The summed E-state index contributed by atoms with van der Waals surface area (Å²) in [5.41, 5.74) is 6.55. The molecular weight excluding hydrogens is 252 g/mol. The van der Waals surface area contributed by atoms with Crippen molar-refractivity contribution in [3.63, 3.8) is 0 Å². The van der Waals surface area contributed by atoms with Gasteiger partial charge in [0.2, 0.25) is 0 Å². The zero-order valence-corrected chi connectivity index (χ0v) is 10.9. The molecule has 0 saturated carbocycles. The number of amides is 1. The molecule has 1 aromatic rings. The molecule has 18 heavy (non-hydrogen) atoms. The fourth-order valence-electron chi connectivity index (χ4n) is 1.30. The Morgan fingerprint density at radius 1 is 1.28 bits per heavy atom. The van der Waals surface area contributed by atoms with E-state index in [9.17, 15) is 9.59 Å². The molecule has 3 N–H and O–H groups in total. The first-order valence-electron chi connectivity index (χ1n) is 5.24. The molecule has 0 aliphatic carbocycles. The van der Waals surface area contributed by atoms with E-state index in [4.69, 9.17) is 18.0 Å². The van der Waals surface area contributed by atoms with Crippen molar-refractivity contribution in [2.45, 2.75) is 13.0 Å². The molecule has 0 spiro atoms. The van der Waals surface area contributed by atoms with E-state index in [1.54, 1.807) is 31.2 Å². The average molecular weight is 266 g/mol. The van der Waals surface area contributed by atoms with Crippen LogP contribution >= 0.6 is 12.2 Å². The summed E-state index contributed by atoms with van der Waals surface area (Å²) < 4.78 is 4.51. The van der Waals surface area contributed by atoms with Crippen LogP contribution in [0.4, 0.5) is 0 Å². The van der Waals surface area contributed by atoms with Crippen LogP contribution in [-0.2, 0) is 9.53 Å². The number of nitrogens with two attached hydrogens (primary N) is 1. The Hall–Kier alpha value is -1.95. The maximum atomic E-state index is 11.8. The van der Waals surface area contributed by atoms with E-state index in [0.717, 1.165) is 0 Å². The molecule has 1 amide bonds. The molecule has 96 valence electrons. The summed E-state index contributed by atoms with van der Waals surface area (Å²) in [6.45, 7) is 1.55. The van der Waals surface area contributed by atoms with Crippen LogP contribution in [0.15, 0.2) is 24.3 Å². The number of hydrogen-bond acceptors (Lipinski definition) is 4. The number of thiocarbonyl (C=S) groups is 1. The normalized spacial score (nSPS) is 11.4. The molecule has 0 aromatic heterocycles. The van der Waals surface area contributed by atoms with Crippen molar-refractivity contribution in [2.75, 3.05) is 7.11 Å². The molecule has 0 bridgehead atoms. The van der Waals surface area contributed by atoms with Gasteiger partial charge >= 0.3 is 5.97 Å². The molecule has 0 radical (unpaired) electrons. The van der Waals surface area contributed by atoms with Crippen molar-refractivity contribution >= 4 is 29.1 Å². The lowest BCUT2D eigenvalue weighted by molar-refractivity contribution is -0.142. The van der Waals surface area contributed by atoms with Gasteiger partial charge in [0.1, 0.15) is 11.0 Å². The smallest absolute Gasteiger partial charge is 0.328 e. The minimum absolute atomic E-state index is 0.268. The van der Waals surface area contributed by atoms with Gasteiger partial charge in [-0.3, -0.25) is 4.79 Å². The minimum atomic E-state index is -0.697. The summed E-state index contributed by atoms with van der Waals surface area (Å²) in [7, 11) is 1.27. The van der Waals surface area contributed by atoms with Crippen molar-refractivity contribution < 1.29 is 14.3 Å². The van der Waals surface area contributed by atoms with Gasteiger partial charge in [-0.15, -0.1) is 0 Å². The first-order valence-corrected chi connectivity index (χ1v) is 5.65. The SMILES string of the molecule is COC(=O)C(C)NC(=O)c1ccc(C(N)=S)cc1. The van der Waals surface area contributed by atoms with Crippen LogP contribution in [0.5, 0.6) is 0 Å². The van der Waals surface area contributed by atoms with Gasteiger partial charge in [-0.1, -0.05) is 24.4 Å². The lowest BCUT2D eigenvalue weighted by Gasteiger charge is -2.11. The number of methoxy groups -OCH3 is 1. The second-order valence-corrected chi connectivity index (χ2v) is 4.10. The van der Waals surface area contributed by atoms with Crippen LogP contribution in [-0.4, -0.2) is 30.0 Å². The maximum absolute atomic E-state index is 11.8. The van der Waals surface area contributed by atoms with Gasteiger partial charge in [0, 0.05) is 11.1 Å². The zero-order valence-electron chi connectivity index (χ0n) is 10.1. The Morgan fingerprint density at radius 3 is 2.22 bits per heavy atom. The Labute approximate surface area is 110 Å². The van der Waals surface area contributed by atoms with Crippen molar-refractivity contribution in [2.24, 2.45) is 5.73 Å². The largest absolute Gasteiger partial charge is 0.467 e. The molecule has 1 unspecified atom stereocenters. The molecular formula is C12H14N2O3S.